The Morgan fingerprint density at radius 3 is 2.68 bits per heavy atom. The minimum Gasteiger partial charge on any atom is -0.436 e. The zero-order valence-electron chi connectivity index (χ0n) is 9.63. The van der Waals surface area contributed by atoms with Gasteiger partial charge in [-0.1, -0.05) is 0 Å². The van der Waals surface area contributed by atoms with Crippen molar-refractivity contribution in [1.29, 1.82) is 0 Å². The van der Waals surface area contributed by atoms with Crippen molar-refractivity contribution in [3.05, 3.63) is 48.3 Å². The van der Waals surface area contributed by atoms with Gasteiger partial charge in [0.15, 0.2) is 5.58 Å². The number of oxazole rings is 1. The Hall–Kier alpha value is -2.78. The molecule has 0 saturated carbocycles. The highest BCUT2D eigenvalue weighted by Gasteiger charge is 2.08. The Bertz CT molecular complexity index is 787. The number of isocyanates is 1. The molecule has 0 fully saturated rings. The Morgan fingerprint density at radius 1 is 1.16 bits per heavy atom. The molecule has 0 aliphatic heterocycles. The second kappa shape index (κ2) is 4.48. The smallest absolute Gasteiger partial charge is 0.240 e. The summed E-state index contributed by atoms with van der Waals surface area (Å²) in [5.41, 5.74) is 2.29. The summed E-state index contributed by atoms with van der Waals surface area (Å²) in [6.07, 6.45) is 1.47. The van der Waals surface area contributed by atoms with Crippen LogP contribution in [0, 0.1) is 5.82 Å². The standard InChI is InChI=1S/C14H7FN2O2/c15-10-3-1-9(2-4-10)14-17-12-7-11(16-8-18)5-6-13(12)19-14/h1-7H. The highest BCUT2D eigenvalue weighted by molar-refractivity contribution is 5.79. The Balaban J connectivity index is 2.10. The van der Waals surface area contributed by atoms with Crippen molar-refractivity contribution >= 4 is 22.9 Å². The van der Waals surface area contributed by atoms with Gasteiger partial charge in [0, 0.05) is 5.56 Å². The number of benzene rings is 2. The predicted octanol–water partition coefficient (Wildman–Crippen LogP) is 3.60. The summed E-state index contributed by atoms with van der Waals surface area (Å²) < 4.78 is 18.4. The van der Waals surface area contributed by atoms with Gasteiger partial charge in [-0.3, -0.25) is 0 Å². The minimum atomic E-state index is -0.317. The molecule has 0 unspecified atom stereocenters. The van der Waals surface area contributed by atoms with Crippen LogP contribution in [-0.2, 0) is 4.79 Å². The van der Waals surface area contributed by atoms with Crippen molar-refractivity contribution in [3.63, 3.8) is 0 Å². The number of halogens is 1. The Morgan fingerprint density at radius 2 is 1.95 bits per heavy atom. The van der Waals surface area contributed by atoms with Gasteiger partial charge >= 0.3 is 0 Å². The van der Waals surface area contributed by atoms with E-state index in [0.29, 0.717) is 28.2 Å². The number of nitrogens with zero attached hydrogens (tertiary/aromatic N) is 2. The predicted molar refractivity (Wildman–Crippen MR) is 67.2 cm³/mol. The minimum absolute atomic E-state index is 0.317. The molecule has 0 amide bonds. The van der Waals surface area contributed by atoms with E-state index >= 15 is 0 Å². The molecule has 3 aromatic rings. The summed E-state index contributed by atoms with van der Waals surface area (Å²) in [6, 6.07) is 10.8. The van der Waals surface area contributed by atoms with E-state index in [1.165, 1.54) is 18.2 Å². The molecular formula is C14H7FN2O2. The number of hydrogen-bond donors (Lipinski definition) is 0. The number of fused-ring (bicyclic) bond motifs is 1. The molecule has 5 heteroatoms. The van der Waals surface area contributed by atoms with Crippen LogP contribution in [0.1, 0.15) is 0 Å². The molecule has 3 rings (SSSR count). The van der Waals surface area contributed by atoms with Gasteiger partial charge in [0.25, 0.3) is 0 Å². The monoisotopic (exact) mass is 254 g/mol. The van der Waals surface area contributed by atoms with Gasteiger partial charge in [-0.25, -0.2) is 14.2 Å². The third kappa shape index (κ3) is 2.14. The molecule has 0 bridgehead atoms. The third-order valence-electron chi connectivity index (χ3n) is 2.64. The molecule has 1 aromatic heterocycles. The van der Waals surface area contributed by atoms with E-state index in [2.05, 4.69) is 9.98 Å². The summed E-state index contributed by atoms with van der Waals surface area (Å²) in [5, 5.41) is 0. The van der Waals surface area contributed by atoms with Crippen molar-refractivity contribution in [2.45, 2.75) is 0 Å². The lowest BCUT2D eigenvalue weighted by Gasteiger charge is -1.93. The molecule has 2 aromatic carbocycles. The lowest BCUT2D eigenvalue weighted by molar-refractivity contribution is 0.565. The van der Waals surface area contributed by atoms with Crippen LogP contribution in [0.3, 0.4) is 0 Å². The van der Waals surface area contributed by atoms with Crippen LogP contribution < -0.4 is 0 Å². The molecule has 0 N–H and O–H groups in total. The molecule has 0 radical (unpaired) electrons. The summed E-state index contributed by atoms with van der Waals surface area (Å²) >= 11 is 0. The molecule has 0 aliphatic rings. The number of rotatable bonds is 2. The first-order valence-corrected chi connectivity index (χ1v) is 5.51. The Labute approximate surface area is 107 Å². The average molecular weight is 254 g/mol. The van der Waals surface area contributed by atoms with Gasteiger partial charge in [0.05, 0.1) is 5.69 Å². The molecule has 0 atom stereocenters. The topological polar surface area (TPSA) is 55.5 Å². The maximum absolute atomic E-state index is 12.8. The zero-order valence-corrected chi connectivity index (χ0v) is 9.63. The van der Waals surface area contributed by atoms with E-state index in [9.17, 15) is 9.18 Å². The average Bonchev–Trinajstić information content (AvgIpc) is 2.83. The van der Waals surface area contributed by atoms with E-state index < -0.39 is 0 Å². The van der Waals surface area contributed by atoms with Crippen molar-refractivity contribution < 1.29 is 13.6 Å². The van der Waals surface area contributed by atoms with E-state index in [4.69, 9.17) is 4.42 Å². The fourth-order valence-electron chi connectivity index (χ4n) is 1.75. The van der Waals surface area contributed by atoms with Crippen molar-refractivity contribution in [1.82, 2.24) is 4.98 Å². The van der Waals surface area contributed by atoms with Crippen molar-refractivity contribution in [3.8, 4) is 11.5 Å². The van der Waals surface area contributed by atoms with Gasteiger partial charge in [-0.15, -0.1) is 0 Å². The summed E-state index contributed by atoms with van der Waals surface area (Å²) in [5.74, 6) is 0.0738. The van der Waals surface area contributed by atoms with Crippen LogP contribution in [0.2, 0.25) is 0 Å². The second-order valence-corrected chi connectivity index (χ2v) is 3.88. The van der Waals surface area contributed by atoms with Gasteiger partial charge in [-0.05, 0) is 42.5 Å². The number of carbonyl (C=O) groups excluding carboxylic acids is 1. The van der Waals surface area contributed by atoms with Crippen LogP contribution in [0.4, 0.5) is 10.1 Å². The van der Waals surface area contributed by atoms with Crippen LogP contribution >= 0.6 is 0 Å². The van der Waals surface area contributed by atoms with Crippen LogP contribution in [0.25, 0.3) is 22.6 Å². The number of aliphatic imine (C=N–C) groups is 1. The first-order chi connectivity index (χ1) is 9.26. The fraction of sp³-hybridized carbons (Fsp3) is 0. The van der Waals surface area contributed by atoms with Crippen LogP contribution in [0.15, 0.2) is 51.9 Å². The van der Waals surface area contributed by atoms with E-state index in [-0.39, 0.29) is 5.82 Å². The third-order valence-corrected chi connectivity index (χ3v) is 2.64. The zero-order chi connectivity index (χ0) is 13.2. The van der Waals surface area contributed by atoms with Gasteiger partial charge in [0.2, 0.25) is 12.0 Å². The summed E-state index contributed by atoms with van der Waals surface area (Å²) in [4.78, 5) is 18.0. The Kier molecular flexibility index (Phi) is 2.67. The summed E-state index contributed by atoms with van der Waals surface area (Å²) in [6.45, 7) is 0. The maximum atomic E-state index is 12.8. The molecule has 19 heavy (non-hydrogen) atoms. The SMILES string of the molecule is O=C=Nc1ccc2oc(-c3ccc(F)cc3)nc2c1. The fourth-order valence-corrected chi connectivity index (χ4v) is 1.75. The molecule has 92 valence electrons. The van der Waals surface area contributed by atoms with Gasteiger partial charge < -0.3 is 4.42 Å². The second-order valence-electron chi connectivity index (χ2n) is 3.88. The highest BCUT2D eigenvalue weighted by Crippen LogP contribution is 2.26. The molecular weight excluding hydrogens is 247 g/mol. The lowest BCUT2D eigenvalue weighted by atomic mass is 10.2. The first-order valence-electron chi connectivity index (χ1n) is 5.51. The maximum Gasteiger partial charge on any atom is 0.240 e. The van der Waals surface area contributed by atoms with Crippen molar-refractivity contribution in [2.75, 3.05) is 0 Å². The van der Waals surface area contributed by atoms with Crippen molar-refractivity contribution in [2.24, 2.45) is 4.99 Å². The number of aromatic nitrogens is 1. The van der Waals surface area contributed by atoms with Gasteiger partial charge in [0.1, 0.15) is 11.3 Å². The molecule has 1 heterocycles. The summed E-state index contributed by atoms with van der Waals surface area (Å²) in [7, 11) is 0. The molecule has 0 spiro atoms. The molecule has 0 saturated heterocycles. The first kappa shape index (κ1) is 11.3. The quantitative estimate of drug-likeness (QED) is 0.518. The largest absolute Gasteiger partial charge is 0.436 e. The molecule has 0 aliphatic carbocycles. The normalized spacial score (nSPS) is 10.4. The molecule has 4 nitrogen and oxygen atoms in total. The number of hydrogen-bond acceptors (Lipinski definition) is 4. The van der Waals surface area contributed by atoms with Gasteiger partial charge in [-0.2, -0.15) is 4.99 Å². The highest BCUT2D eigenvalue weighted by atomic mass is 19.1. The van der Waals surface area contributed by atoms with Crippen LogP contribution in [-0.4, -0.2) is 11.1 Å². The van der Waals surface area contributed by atoms with E-state index in [1.54, 1.807) is 30.3 Å². The lowest BCUT2D eigenvalue weighted by Crippen LogP contribution is -1.77. The van der Waals surface area contributed by atoms with E-state index in [1.807, 2.05) is 0 Å². The van der Waals surface area contributed by atoms with Crippen LogP contribution in [0.5, 0.6) is 0 Å². The van der Waals surface area contributed by atoms with E-state index in [0.717, 1.165) is 0 Å².